The molecule has 0 saturated carbocycles. The van der Waals surface area contributed by atoms with Gasteiger partial charge in [0, 0.05) is 19.3 Å². The third kappa shape index (κ3) is 4.54. The number of ether oxygens (including phenoxy) is 2. The van der Waals surface area contributed by atoms with Crippen LogP contribution in [0.25, 0.3) is 0 Å². The summed E-state index contributed by atoms with van der Waals surface area (Å²) < 4.78 is 25.5. The van der Waals surface area contributed by atoms with E-state index in [4.69, 9.17) is 9.47 Å². The zero-order valence-electron chi connectivity index (χ0n) is 18.1. The number of carbonyl (C=O) groups excluding carboxylic acids is 2. The first-order valence-electron chi connectivity index (χ1n) is 11.1. The molecule has 0 aromatic heterocycles. The Hall–Kier alpha value is -3.46. The summed E-state index contributed by atoms with van der Waals surface area (Å²) >= 11 is 0. The van der Waals surface area contributed by atoms with Crippen molar-refractivity contribution in [2.45, 2.75) is 12.5 Å². The fraction of sp³-hybridized carbons (Fsp3) is 0.375. The summed E-state index contributed by atoms with van der Waals surface area (Å²) in [6.45, 7) is 2.79. The Kier molecular flexibility index (Phi) is 5.95. The van der Waals surface area contributed by atoms with Gasteiger partial charge < -0.3 is 19.7 Å². The van der Waals surface area contributed by atoms with E-state index >= 15 is 0 Å². The van der Waals surface area contributed by atoms with Crippen molar-refractivity contribution in [3.8, 4) is 0 Å². The number of nitrogens with zero attached hydrogens (tertiary/aromatic N) is 3. The molecule has 2 aromatic carbocycles. The molecule has 0 spiro atoms. The SMILES string of the molecule is O=C(NC[C@H]1CN(c2ccc(N3CCOCC3)c(F)c2)C(=O)O1)C1C=Nc2ccccc2C1. The molecule has 2 atom stereocenters. The van der Waals surface area contributed by atoms with Gasteiger partial charge >= 0.3 is 6.09 Å². The Morgan fingerprint density at radius 2 is 2.00 bits per heavy atom. The lowest BCUT2D eigenvalue weighted by molar-refractivity contribution is -0.123. The van der Waals surface area contributed by atoms with Crippen LogP contribution < -0.4 is 15.1 Å². The van der Waals surface area contributed by atoms with E-state index in [0.717, 1.165) is 11.3 Å². The average Bonchev–Trinajstić information content (AvgIpc) is 3.23. The second kappa shape index (κ2) is 9.19. The van der Waals surface area contributed by atoms with Crippen molar-refractivity contribution >= 4 is 35.3 Å². The van der Waals surface area contributed by atoms with Crippen molar-refractivity contribution < 1.29 is 23.5 Å². The Morgan fingerprint density at radius 1 is 1.18 bits per heavy atom. The highest BCUT2D eigenvalue weighted by Crippen LogP contribution is 2.29. The summed E-state index contributed by atoms with van der Waals surface area (Å²) in [6, 6.07) is 12.5. The predicted molar refractivity (Wildman–Crippen MR) is 122 cm³/mol. The first-order chi connectivity index (χ1) is 16.1. The van der Waals surface area contributed by atoms with Crippen molar-refractivity contribution in [2.75, 3.05) is 49.2 Å². The van der Waals surface area contributed by atoms with Crippen molar-refractivity contribution in [3.63, 3.8) is 0 Å². The highest BCUT2D eigenvalue weighted by atomic mass is 19.1. The molecule has 5 rings (SSSR count). The number of carbonyl (C=O) groups is 2. The number of rotatable bonds is 5. The maximum absolute atomic E-state index is 14.7. The number of nitrogens with one attached hydrogen (secondary N) is 1. The number of amides is 2. The summed E-state index contributed by atoms with van der Waals surface area (Å²) in [5.74, 6) is -0.922. The molecule has 8 nitrogen and oxygen atoms in total. The van der Waals surface area contributed by atoms with Gasteiger partial charge in [0.1, 0.15) is 11.9 Å². The highest BCUT2D eigenvalue weighted by molar-refractivity contribution is 5.96. The van der Waals surface area contributed by atoms with Gasteiger partial charge in [-0.05, 0) is 36.2 Å². The predicted octanol–water partition coefficient (Wildman–Crippen LogP) is 2.68. The Labute approximate surface area is 191 Å². The first-order valence-corrected chi connectivity index (χ1v) is 11.1. The van der Waals surface area contributed by atoms with Crippen molar-refractivity contribution in [2.24, 2.45) is 10.9 Å². The van der Waals surface area contributed by atoms with Crippen LogP contribution in [0.2, 0.25) is 0 Å². The summed E-state index contributed by atoms with van der Waals surface area (Å²) in [7, 11) is 0. The summed E-state index contributed by atoms with van der Waals surface area (Å²) in [5.41, 5.74) is 2.84. The molecule has 0 aliphatic carbocycles. The molecule has 2 saturated heterocycles. The molecule has 2 aromatic rings. The second-order valence-electron chi connectivity index (χ2n) is 8.31. The Bertz CT molecular complexity index is 1090. The highest BCUT2D eigenvalue weighted by Gasteiger charge is 2.34. The summed E-state index contributed by atoms with van der Waals surface area (Å²) in [5, 5.41) is 2.85. The van der Waals surface area contributed by atoms with Gasteiger partial charge in [-0.25, -0.2) is 9.18 Å². The van der Waals surface area contributed by atoms with Crippen LogP contribution in [0, 0.1) is 11.7 Å². The van der Waals surface area contributed by atoms with E-state index in [1.54, 1.807) is 18.3 Å². The maximum atomic E-state index is 14.7. The van der Waals surface area contributed by atoms with Crippen LogP contribution in [0.15, 0.2) is 47.5 Å². The zero-order chi connectivity index (χ0) is 22.8. The van der Waals surface area contributed by atoms with Crippen molar-refractivity contribution in [1.29, 1.82) is 0 Å². The molecule has 2 amide bonds. The molecule has 1 unspecified atom stereocenters. The Balaban J connectivity index is 1.17. The molecular formula is C24H25FN4O4. The number of fused-ring (bicyclic) bond motifs is 1. The van der Waals surface area contributed by atoms with Crippen LogP contribution in [0.4, 0.5) is 26.2 Å². The van der Waals surface area contributed by atoms with Crippen LogP contribution in [-0.4, -0.2) is 63.7 Å². The fourth-order valence-corrected chi connectivity index (χ4v) is 4.34. The van der Waals surface area contributed by atoms with Gasteiger partial charge in [0.2, 0.25) is 5.91 Å². The number of morpholine rings is 1. The lowest BCUT2D eigenvalue weighted by Gasteiger charge is -2.29. The van der Waals surface area contributed by atoms with Crippen molar-refractivity contribution in [3.05, 3.63) is 53.8 Å². The quantitative estimate of drug-likeness (QED) is 0.754. The number of benzene rings is 2. The minimum atomic E-state index is -0.555. The van der Waals surface area contributed by atoms with E-state index < -0.39 is 18.0 Å². The minimum absolute atomic E-state index is 0.163. The van der Waals surface area contributed by atoms with Crippen LogP contribution in [0.5, 0.6) is 0 Å². The van der Waals surface area contributed by atoms with Gasteiger partial charge in [-0.2, -0.15) is 0 Å². The monoisotopic (exact) mass is 452 g/mol. The van der Waals surface area contributed by atoms with E-state index in [2.05, 4.69) is 10.3 Å². The van der Waals surface area contributed by atoms with E-state index in [-0.39, 0.29) is 24.9 Å². The van der Waals surface area contributed by atoms with E-state index in [1.807, 2.05) is 29.2 Å². The molecule has 3 aliphatic heterocycles. The van der Waals surface area contributed by atoms with E-state index in [9.17, 15) is 14.0 Å². The lowest BCUT2D eigenvalue weighted by atomic mass is 9.95. The fourth-order valence-electron chi connectivity index (χ4n) is 4.34. The number of aliphatic imine (C=N–C) groups is 1. The molecule has 3 heterocycles. The van der Waals surface area contributed by atoms with Crippen molar-refractivity contribution in [1.82, 2.24) is 5.32 Å². The number of anilines is 2. The number of hydrogen-bond acceptors (Lipinski definition) is 6. The van der Waals surface area contributed by atoms with Gasteiger partial charge in [-0.1, -0.05) is 18.2 Å². The summed E-state index contributed by atoms with van der Waals surface area (Å²) in [6.07, 6.45) is 1.16. The van der Waals surface area contributed by atoms with Gasteiger partial charge in [0.05, 0.1) is 49.3 Å². The van der Waals surface area contributed by atoms with Crippen LogP contribution in [0.1, 0.15) is 5.56 Å². The lowest BCUT2D eigenvalue weighted by Crippen LogP contribution is -2.39. The van der Waals surface area contributed by atoms with Crippen LogP contribution in [0.3, 0.4) is 0 Å². The standard InChI is InChI=1S/C24H25FN4O4/c25-20-12-18(5-6-22(20)28-7-9-32-10-8-28)29-15-19(33-24(29)31)14-27-23(30)17-11-16-3-1-2-4-21(16)26-13-17/h1-6,12-13,17,19H,7-11,14-15H2,(H,27,30)/t17?,19-/m0/s1. The second-order valence-corrected chi connectivity index (χ2v) is 8.31. The molecule has 1 N–H and O–H groups in total. The molecule has 0 radical (unpaired) electrons. The Morgan fingerprint density at radius 3 is 2.82 bits per heavy atom. The molecular weight excluding hydrogens is 427 g/mol. The smallest absolute Gasteiger partial charge is 0.414 e. The van der Waals surface area contributed by atoms with Gasteiger partial charge in [0.15, 0.2) is 0 Å². The molecule has 0 bridgehead atoms. The van der Waals surface area contributed by atoms with Gasteiger partial charge in [0.25, 0.3) is 0 Å². The topological polar surface area (TPSA) is 83.5 Å². The maximum Gasteiger partial charge on any atom is 0.414 e. The third-order valence-corrected chi connectivity index (χ3v) is 6.13. The summed E-state index contributed by atoms with van der Waals surface area (Å²) in [4.78, 5) is 32.7. The van der Waals surface area contributed by atoms with E-state index in [0.29, 0.717) is 44.1 Å². The molecule has 9 heteroatoms. The average molecular weight is 452 g/mol. The molecule has 33 heavy (non-hydrogen) atoms. The number of hydrogen-bond donors (Lipinski definition) is 1. The normalized spacial score (nSPS) is 22.2. The third-order valence-electron chi connectivity index (χ3n) is 6.13. The number of halogens is 1. The number of para-hydroxylation sites is 1. The molecule has 172 valence electrons. The number of cyclic esters (lactones) is 1. The minimum Gasteiger partial charge on any atom is -0.442 e. The van der Waals surface area contributed by atoms with Gasteiger partial charge in [-0.3, -0.25) is 14.7 Å². The molecule has 2 fully saturated rings. The zero-order valence-corrected chi connectivity index (χ0v) is 18.1. The van der Waals surface area contributed by atoms with Crippen LogP contribution >= 0.6 is 0 Å². The van der Waals surface area contributed by atoms with Gasteiger partial charge in [-0.15, -0.1) is 0 Å². The first kappa shape index (κ1) is 21.4. The van der Waals surface area contributed by atoms with Crippen LogP contribution in [-0.2, 0) is 20.7 Å². The molecule has 3 aliphatic rings. The van der Waals surface area contributed by atoms with E-state index in [1.165, 1.54) is 11.0 Å². The largest absolute Gasteiger partial charge is 0.442 e.